The second-order valence-electron chi connectivity index (χ2n) is 25.5. The number of furan rings is 2. The highest BCUT2D eigenvalue weighted by Gasteiger charge is 2.40. The average molecular weight is 1180 g/mol. The van der Waals surface area contributed by atoms with Crippen LogP contribution in [0.2, 0.25) is 0 Å². The zero-order chi connectivity index (χ0) is 61.7. The SMILES string of the molecule is CC1(C)c2ccccc2-c2ccc3oc4c(N(c5ccc(-c6ccccc6)cc5)c5ccc(-c6ccccc6)cc5)cccc4c3c21.CC1(C)c2ccccc2-c2ccc3oc4c(N(c5ccccc5)c5ccc(-c6ccc7ccccc7c6)cc5)cccc4c3c21. The molecule has 16 aromatic rings. The van der Waals surface area contributed by atoms with Gasteiger partial charge in [-0.25, -0.2) is 0 Å². The fourth-order valence-electron chi connectivity index (χ4n) is 15.1. The minimum Gasteiger partial charge on any atom is -0.454 e. The molecular formula is C88H64N2O2. The molecule has 0 N–H and O–H groups in total. The van der Waals surface area contributed by atoms with E-state index in [-0.39, 0.29) is 10.8 Å². The van der Waals surface area contributed by atoms with Gasteiger partial charge in [0, 0.05) is 55.1 Å². The van der Waals surface area contributed by atoms with Crippen LogP contribution in [0, 0.1) is 0 Å². The maximum absolute atomic E-state index is 6.87. The van der Waals surface area contributed by atoms with E-state index in [1.165, 1.54) is 99.4 Å². The molecule has 0 bridgehead atoms. The van der Waals surface area contributed by atoms with Gasteiger partial charge >= 0.3 is 0 Å². The Bertz CT molecular complexity index is 5410. The smallest absolute Gasteiger partial charge is 0.159 e. The van der Waals surface area contributed by atoms with E-state index < -0.39 is 0 Å². The Labute approximate surface area is 536 Å². The van der Waals surface area contributed by atoms with E-state index in [0.29, 0.717) is 0 Å². The zero-order valence-corrected chi connectivity index (χ0v) is 51.7. The highest BCUT2D eigenvalue weighted by atomic mass is 16.3. The second kappa shape index (κ2) is 21.7. The molecule has 14 aromatic carbocycles. The Morgan fingerprint density at radius 2 is 0.620 bits per heavy atom. The molecule has 0 saturated heterocycles. The second-order valence-corrected chi connectivity index (χ2v) is 25.5. The fraction of sp³-hybridized carbons (Fsp3) is 0.0682. The Kier molecular flexibility index (Phi) is 12.9. The molecule has 0 fully saturated rings. The third kappa shape index (κ3) is 8.88. The van der Waals surface area contributed by atoms with E-state index in [4.69, 9.17) is 8.83 Å². The van der Waals surface area contributed by atoms with E-state index in [1.54, 1.807) is 0 Å². The molecule has 4 heteroatoms. The lowest BCUT2D eigenvalue weighted by molar-refractivity contribution is 0.657. The van der Waals surface area contributed by atoms with Crippen LogP contribution in [0.3, 0.4) is 0 Å². The van der Waals surface area contributed by atoms with E-state index in [9.17, 15) is 0 Å². The summed E-state index contributed by atoms with van der Waals surface area (Å²) in [7, 11) is 0. The number of benzene rings is 14. The summed E-state index contributed by atoms with van der Waals surface area (Å²) >= 11 is 0. The lowest BCUT2D eigenvalue weighted by atomic mass is 9.80. The number of fused-ring (bicyclic) bond motifs is 15. The first kappa shape index (κ1) is 54.7. The van der Waals surface area contributed by atoms with E-state index in [0.717, 1.165) is 67.2 Å². The largest absolute Gasteiger partial charge is 0.454 e. The molecule has 438 valence electrons. The van der Waals surface area contributed by atoms with E-state index >= 15 is 0 Å². The molecule has 0 spiro atoms. The highest BCUT2D eigenvalue weighted by Crippen LogP contribution is 2.56. The average Bonchev–Trinajstić information content (AvgIpc) is 1.55. The fourth-order valence-corrected chi connectivity index (χ4v) is 15.1. The summed E-state index contributed by atoms with van der Waals surface area (Å²) in [5, 5.41) is 7.21. The predicted molar refractivity (Wildman–Crippen MR) is 386 cm³/mol. The molecule has 18 rings (SSSR count). The van der Waals surface area contributed by atoms with Gasteiger partial charge in [0.2, 0.25) is 0 Å². The molecule has 0 radical (unpaired) electrons. The molecule has 2 aliphatic carbocycles. The van der Waals surface area contributed by atoms with Crippen LogP contribution in [0.4, 0.5) is 34.1 Å². The van der Waals surface area contributed by atoms with Crippen molar-refractivity contribution >= 4 is 88.8 Å². The standard InChI is InChI=1S/C45H33NO.C43H31NO/c1-45(2)39-18-10-9-16-36(39)37-28-29-41-42(43(37)45)38-17-11-19-40(44(38)47-41)46(34-24-20-32(21-25-34)30-12-5-3-6-13-30)35-26-22-33(23-27-35)31-14-7-4-8-15-31;1-43(2)37-17-9-8-15-34(37)35-25-26-39-40(41(35)43)36-16-10-18-38(42(36)45-39)44(32-13-4-3-5-14-32)33-23-21-29(22-24-33)31-20-19-28-11-6-7-12-30(28)27-31/h3-29H,1-2H3;3-27H,1-2H3. The van der Waals surface area contributed by atoms with Gasteiger partial charge in [0.25, 0.3) is 0 Å². The minimum absolute atomic E-state index is 0.129. The first-order valence-electron chi connectivity index (χ1n) is 31.9. The van der Waals surface area contributed by atoms with Gasteiger partial charge in [-0.3, -0.25) is 0 Å². The van der Waals surface area contributed by atoms with Crippen LogP contribution in [0.15, 0.2) is 324 Å². The van der Waals surface area contributed by atoms with Crippen molar-refractivity contribution < 1.29 is 8.83 Å². The Morgan fingerprint density at radius 3 is 1.08 bits per heavy atom. The maximum atomic E-state index is 6.87. The lowest BCUT2D eigenvalue weighted by Crippen LogP contribution is -2.15. The van der Waals surface area contributed by atoms with Crippen LogP contribution >= 0.6 is 0 Å². The molecule has 0 amide bonds. The van der Waals surface area contributed by atoms with Crippen molar-refractivity contribution in [2.24, 2.45) is 0 Å². The summed E-state index contributed by atoms with van der Waals surface area (Å²) in [6.07, 6.45) is 0. The summed E-state index contributed by atoms with van der Waals surface area (Å²) in [6, 6.07) is 113. The Hall–Kier alpha value is -11.5. The van der Waals surface area contributed by atoms with Crippen LogP contribution < -0.4 is 9.80 Å². The van der Waals surface area contributed by atoms with Gasteiger partial charge in [0.15, 0.2) is 11.2 Å². The summed E-state index contributed by atoms with van der Waals surface area (Å²) in [6.45, 7) is 9.36. The molecule has 2 heterocycles. The van der Waals surface area contributed by atoms with E-state index in [1.807, 2.05) is 0 Å². The monoisotopic (exact) mass is 1180 g/mol. The van der Waals surface area contributed by atoms with Crippen molar-refractivity contribution in [3.8, 4) is 55.6 Å². The molecule has 2 aromatic heterocycles. The minimum atomic E-state index is -0.140. The normalized spacial score (nSPS) is 13.2. The highest BCUT2D eigenvalue weighted by molar-refractivity contribution is 6.16. The Balaban J connectivity index is 0.000000141. The molecular weight excluding hydrogens is 1120 g/mol. The predicted octanol–water partition coefficient (Wildman–Crippen LogP) is 24.9. The van der Waals surface area contributed by atoms with Gasteiger partial charge in [-0.2, -0.15) is 0 Å². The number of rotatable bonds is 9. The van der Waals surface area contributed by atoms with Crippen LogP contribution in [-0.2, 0) is 10.8 Å². The van der Waals surface area contributed by atoms with Crippen LogP contribution in [0.1, 0.15) is 49.9 Å². The van der Waals surface area contributed by atoms with Crippen molar-refractivity contribution in [1.29, 1.82) is 0 Å². The maximum Gasteiger partial charge on any atom is 0.159 e. The number of anilines is 6. The molecule has 0 aliphatic heterocycles. The Morgan fingerprint density at radius 1 is 0.261 bits per heavy atom. The van der Waals surface area contributed by atoms with Gasteiger partial charge in [0.05, 0.1) is 11.4 Å². The quantitative estimate of drug-likeness (QED) is 0.144. The van der Waals surface area contributed by atoms with Crippen molar-refractivity contribution in [3.63, 3.8) is 0 Å². The van der Waals surface area contributed by atoms with Crippen molar-refractivity contribution in [2.45, 2.75) is 38.5 Å². The van der Waals surface area contributed by atoms with Crippen LogP contribution in [0.5, 0.6) is 0 Å². The van der Waals surface area contributed by atoms with Gasteiger partial charge < -0.3 is 18.6 Å². The topological polar surface area (TPSA) is 32.8 Å². The van der Waals surface area contributed by atoms with Gasteiger partial charge in [0.1, 0.15) is 11.2 Å². The van der Waals surface area contributed by atoms with Gasteiger partial charge in [-0.1, -0.05) is 264 Å². The van der Waals surface area contributed by atoms with Gasteiger partial charge in [-0.05, 0) is 168 Å². The molecule has 92 heavy (non-hydrogen) atoms. The number of hydrogen-bond donors (Lipinski definition) is 0. The van der Waals surface area contributed by atoms with Crippen molar-refractivity contribution in [1.82, 2.24) is 0 Å². The molecule has 0 unspecified atom stereocenters. The molecule has 0 atom stereocenters. The lowest BCUT2D eigenvalue weighted by Gasteiger charge is -2.26. The first-order chi connectivity index (χ1) is 45.2. The third-order valence-corrected chi connectivity index (χ3v) is 19.5. The van der Waals surface area contributed by atoms with Crippen molar-refractivity contribution in [2.75, 3.05) is 9.80 Å². The van der Waals surface area contributed by atoms with Crippen molar-refractivity contribution in [3.05, 3.63) is 338 Å². The number of hydrogen-bond acceptors (Lipinski definition) is 4. The summed E-state index contributed by atoms with van der Waals surface area (Å²) in [4.78, 5) is 4.64. The van der Waals surface area contributed by atoms with E-state index in [2.05, 4.69) is 353 Å². The summed E-state index contributed by atoms with van der Waals surface area (Å²) in [5.74, 6) is 0. The summed E-state index contributed by atoms with van der Waals surface area (Å²) in [5.41, 5.74) is 27.6. The molecule has 2 aliphatic rings. The zero-order valence-electron chi connectivity index (χ0n) is 51.7. The molecule has 0 saturated carbocycles. The van der Waals surface area contributed by atoms with Gasteiger partial charge in [-0.15, -0.1) is 0 Å². The first-order valence-corrected chi connectivity index (χ1v) is 31.9. The third-order valence-electron chi connectivity index (χ3n) is 19.5. The van der Waals surface area contributed by atoms with Crippen LogP contribution in [0.25, 0.3) is 110 Å². The van der Waals surface area contributed by atoms with Crippen LogP contribution in [-0.4, -0.2) is 0 Å². The molecule has 4 nitrogen and oxygen atoms in total. The number of nitrogens with zero attached hydrogens (tertiary/aromatic N) is 2. The number of para-hydroxylation sites is 3. The summed E-state index contributed by atoms with van der Waals surface area (Å²) < 4.78 is 13.7.